The van der Waals surface area contributed by atoms with Gasteiger partial charge < -0.3 is 15.4 Å². The van der Waals surface area contributed by atoms with E-state index in [4.69, 9.17) is 6.42 Å². The Hall–Kier alpha value is -2.36. The van der Waals surface area contributed by atoms with Crippen LogP contribution < -0.4 is 15.4 Å². The standard InChI is InChI=1S/C11H11F2N3O2/c1-2-5-14-10(17)7-16-9-4-3-8(6-15-9)18-11(12)13/h1,3-4,6,11H,5,7H2,(H,14,17)(H,15,16). The Kier molecular flexibility index (Phi) is 5.38. The first-order valence-electron chi connectivity index (χ1n) is 4.96. The van der Waals surface area contributed by atoms with Gasteiger partial charge in [-0.3, -0.25) is 4.79 Å². The van der Waals surface area contributed by atoms with Crippen LogP contribution >= 0.6 is 0 Å². The van der Waals surface area contributed by atoms with Crippen molar-refractivity contribution in [3.05, 3.63) is 18.3 Å². The van der Waals surface area contributed by atoms with Gasteiger partial charge in [-0.2, -0.15) is 8.78 Å². The molecule has 1 aromatic heterocycles. The lowest BCUT2D eigenvalue weighted by Gasteiger charge is -2.07. The second kappa shape index (κ2) is 7.06. The molecule has 2 N–H and O–H groups in total. The minimum absolute atomic E-state index is 0.0102. The molecule has 0 bridgehead atoms. The van der Waals surface area contributed by atoms with E-state index in [1.165, 1.54) is 12.1 Å². The minimum atomic E-state index is -2.89. The summed E-state index contributed by atoms with van der Waals surface area (Å²) < 4.78 is 27.8. The Balaban J connectivity index is 2.39. The van der Waals surface area contributed by atoms with E-state index in [1.54, 1.807) is 0 Å². The summed E-state index contributed by atoms with van der Waals surface area (Å²) in [7, 11) is 0. The molecule has 18 heavy (non-hydrogen) atoms. The van der Waals surface area contributed by atoms with Gasteiger partial charge in [0.15, 0.2) is 0 Å². The Labute approximate surface area is 103 Å². The van der Waals surface area contributed by atoms with Crippen LogP contribution in [-0.2, 0) is 4.79 Å². The van der Waals surface area contributed by atoms with Crippen molar-refractivity contribution in [2.24, 2.45) is 0 Å². The molecule has 0 saturated carbocycles. The normalized spacial score (nSPS) is 9.67. The zero-order valence-electron chi connectivity index (χ0n) is 9.32. The summed E-state index contributed by atoms with van der Waals surface area (Å²) in [6.07, 6.45) is 6.10. The zero-order chi connectivity index (χ0) is 13.4. The second-order valence-corrected chi connectivity index (χ2v) is 3.09. The number of terminal acetylenes is 1. The van der Waals surface area contributed by atoms with Crippen LogP contribution in [0.4, 0.5) is 14.6 Å². The molecule has 0 atom stereocenters. The molecule has 96 valence electrons. The molecule has 0 fully saturated rings. The lowest BCUT2D eigenvalue weighted by molar-refractivity contribution is -0.119. The van der Waals surface area contributed by atoms with Gasteiger partial charge in [-0.05, 0) is 12.1 Å². The third-order valence-corrected chi connectivity index (χ3v) is 1.78. The van der Waals surface area contributed by atoms with E-state index in [0.29, 0.717) is 5.82 Å². The molecule has 0 saturated heterocycles. The van der Waals surface area contributed by atoms with Gasteiger partial charge in [-0.25, -0.2) is 4.98 Å². The third kappa shape index (κ3) is 5.12. The number of rotatable bonds is 6. The number of alkyl halides is 2. The molecule has 0 radical (unpaired) electrons. The largest absolute Gasteiger partial charge is 0.433 e. The molecule has 0 aromatic carbocycles. The molecule has 1 aromatic rings. The first kappa shape index (κ1) is 13.7. The fourth-order valence-corrected chi connectivity index (χ4v) is 1.04. The van der Waals surface area contributed by atoms with Gasteiger partial charge in [0.2, 0.25) is 5.91 Å². The maximum absolute atomic E-state index is 11.9. The van der Waals surface area contributed by atoms with Gasteiger partial charge in [0.05, 0.1) is 19.3 Å². The number of ether oxygens (including phenoxy) is 1. The second-order valence-electron chi connectivity index (χ2n) is 3.09. The number of amides is 1. The molecule has 0 aliphatic heterocycles. The van der Waals surface area contributed by atoms with Gasteiger partial charge in [0.1, 0.15) is 11.6 Å². The fourth-order valence-electron chi connectivity index (χ4n) is 1.04. The molecule has 7 heteroatoms. The summed E-state index contributed by atoms with van der Waals surface area (Å²) in [6, 6.07) is 2.74. The summed E-state index contributed by atoms with van der Waals surface area (Å²) in [5.41, 5.74) is 0. The van der Waals surface area contributed by atoms with Crippen molar-refractivity contribution < 1.29 is 18.3 Å². The molecule has 0 aliphatic rings. The van der Waals surface area contributed by atoms with Gasteiger partial charge in [0.25, 0.3) is 0 Å². The topological polar surface area (TPSA) is 63.2 Å². The fraction of sp³-hybridized carbons (Fsp3) is 0.273. The summed E-state index contributed by atoms with van der Waals surface area (Å²) in [4.78, 5) is 15.0. The lowest BCUT2D eigenvalue weighted by Crippen LogP contribution is -2.30. The van der Waals surface area contributed by atoms with E-state index >= 15 is 0 Å². The molecule has 1 rings (SSSR count). The van der Waals surface area contributed by atoms with E-state index in [9.17, 15) is 13.6 Å². The predicted octanol–water partition coefficient (Wildman–Crippen LogP) is 0.844. The van der Waals surface area contributed by atoms with E-state index in [2.05, 4.69) is 26.3 Å². The van der Waals surface area contributed by atoms with Crippen LogP contribution in [0.15, 0.2) is 18.3 Å². The molecule has 1 heterocycles. The number of hydrogen-bond acceptors (Lipinski definition) is 4. The van der Waals surface area contributed by atoms with Crippen LogP contribution in [0.25, 0.3) is 0 Å². The van der Waals surface area contributed by atoms with Gasteiger partial charge >= 0.3 is 6.61 Å². The van der Waals surface area contributed by atoms with Crippen LogP contribution in [0.1, 0.15) is 0 Å². The number of carbonyl (C=O) groups excluding carboxylic acids is 1. The first-order valence-corrected chi connectivity index (χ1v) is 4.96. The summed E-state index contributed by atoms with van der Waals surface area (Å²) in [5.74, 6) is 2.29. The molecule has 0 aliphatic carbocycles. The number of aromatic nitrogens is 1. The number of anilines is 1. The van der Waals surface area contributed by atoms with Crippen molar-refractivity contribution in [1.82, 2.24) is 10.3 Å². The smallest absolute Gasteiger partial charge is 0.387 e. The Bertz CT molecular complexity index is 429. The highest BCUT2D eigenvalue weighted by Crippen LogP contribution is 2.14. The summed E-state index contributed by atoms with van der Waals surface area (Å²) in [5, 5.41) is 5.15. The van der Waals surface area contributed by atoms with Crippen LogP contribution in [0.5, 0.6) is 5.75 Å². The van der Waals surface area contributed by atoms with Crippen molar-refractivity contribution in [2.75, 3.05) is 18.4 Å². The monoisotopic (exact) mass is 255 g/mol. The molecule has 0 unspecified atom stereocenters. The average molecular weight is 255 g/mol. The lowest BCUT2D eigenvalue weighted by atomic mass is 10.4. The van der Waals surface area contributed by atoms with Crippen LogP contribution in [0.2, 0.25) is 0 Å². The van der Waals surface area contributed by atoms with Gasteiger partial charge in [0, 0.05) is 0 Å². The number of nitrogens with zero attached hydrogens (tertiary/aromatic N) is 1. The molecule has 1 amide bonds. The average Bonchev–Trinajstić information content (AvgIpc) is 2.35. The number of nitrogens with one attached hydrogen (secondary N) is 2. The Morgan fingerprint density at radius 3 is 2.89 bits per heavy atom. The quantitative estimate of drug-likeness (QED) is 0.739. The van der Waals surface area contributed by atoms with E-state index in [1.807, 2.05) is 0 Å². The highest BCUT2D eigenvalue weighted by molar-refractivity contribution is 5.80. The van der Waals surface area contributed by atoms with E-state index in [0.717, 1.165) is 6.20 Å². The minimum Gasteiger partial charge on any atom is -0.433 e. The number of pyridine rings is 1. The molecular weight excluding hydrogens is 244 g/mol. The highest BCUT2D eigenvalue weighted by atomic mass is 19.3. The summed E-state index contributed by atoms with van der Waals surface area (Å²) >= 11 is 0. The van der Waals surface area contributed by atoms with Crippen LogP contribution in [0, 0.1) is 12.3 Å². The van der Waals surface area contributed by atoms with Crippen molar-refractivity contribution in [1.29, 1.82) is 0 Å². The number of carbonyl (C=O) groups is 1. The van der Waals surface area contributed by atoms with Crippen molar-refractivity contribution in [2.45, 2.75) is 6.61 Å². The molecule has 5 nitrogen and oxygen atoms in total. The van der Waals surface area contributed by atoms with E-state index < -0.39 is 6.61 Å². The van der Waals surface area contributed by atoms with Crippen molar-refractivity contribution in [3.63, 3.8) is 0 Å². The zero-order valence-corrected chi connectivity index (χ0v) is 9.32. The van der Waals surface area contributed by atoms with Crippen molar-refractivity contribution in [3.8, 4) is 18.1 Å². The first-order chi connectivity index (χ1) is 8.61. The van der Waals surface area contributed by atoms with Crippen LogP contribution in [-0.4, -0.2) is 30.6 Å². The Morgan fingerprint density at radius 2 is 2.33 bits per heavy atom. The van der Waals surface area contributed by atoms with Crippen molar-refractivity contribution >= 4 is 11.7 Å². The maximum atomic E-state index is 11.9. The predicted molar refractivity (Wildman–Crippen MR) is 61.2 cm³/mol. The molecule has 0 spiro atoms. The highest BCUT2D eigenvalue weighted by Gasteiger charge is 2.05. The maximum Gasteiger partial charge on any atom is 0.387 e. The third-order valence-electron chi connectivity index (χ3n) is 1.78. The van der Waals surface area contributed by atoms with Crippen LogP contribution in [0.3, 0.4) is 0 Å². The number of hydrogen-bond donors (Lipinski definition) is 2. The Morgan fingerprint density at radius 1 is 1.56 bits per heavy atom. The summed E-state index contributed by atoms with van der Waals surface area (Å²) in [6.45, 7) is -2.75. The van der Waals surface area contributed by atoms with E-state index in [-0.39, 0.29) is 24.7 Å². The molecular formula is C11H11F2N3O2. The van der Waals surface area contributed by atoms with Gasteiger partial charge in [-0.1, -0.05) is 5.92 Å². The SMILES string of the molecule is C#CCNC(=O)CNc1ccc(OC(F)F)cn1. The number of halogens is 2. The van der Waals surface area contributed by atoms with Gasteiger partial charge in [-0.15, -0.1) is 6.42 Å².